The van der Waals surface area contributed by atoms with Gasteiger partial charge in [0.15, 0.2) is 0 Å². The van der Waals surface area contributed by atoms with Gasteiger partial charge in [0.25, 0.3) is 0 Å². The van der Waals surface area contributed by atoms with Gasteiger partial charge in [-0.2, -0.15) is 0 Å². The second-order valence-corrected chi connectivity index (χ2v) is 13.8. The van der Waals surface area contributed by atoms with Crippen molar-refractivity contribution in [2.24, 2.45) is 0 Å². The van der Waals surface area contributed by atoms with E-state index < -0.39 is 16.1 Å². The molecule has 0 saturated heterocycles. The Labute approximate surface area is 191 Å². The topological polar surface area (TPSA) is 35.5 Å². The van der Waals surface area contributed by atoms with Gasteiger partial charge in [0.05, 0.1) is 0 Å². The van der Waals surface area contributed by atoms with Gasteiger partial charge in [-0.3, -0.25) is 0 Å². The van der Waals surface area contributed by atoms with Crippen LogP contribution in [-0.2, 0) is 19.4 Å². The average Bonchev–Trinajstić information content (AvgIpc) is 2.78. The maximum absolute atomic E-state index is 15.9. The number of rotatable bonds is 6. The second-order valence-electron chi connectivity index (χ2n) is 8.35. The van der Waals surface area contributed by atoms with E-state index in [1.807, 2.05) is 125 Å². The Morgan fingerprint density at radius 3 is 1.12 bits per heavy atom. The van der Waals surface area contributed by atoms with Gasteiger partial charge < -0.3 is 0 Å². The van der Waals surface area contributed by atoms with Gasteiger partial charge >= 0.3 is 192 Å². The molecule has 4 heteroatoms. The van der Waals surface area contributed by atoms with Crippen LogP contribution in [0.3, 0.4) is 0 Å². The van der Waals surface area contributed by atoms with Gasteiger partial charge in [0.1, 0.15) is 0 Å². The fourth-order valence-corrected chi connectivity index (χ4v) is 11.0. The van der Waals surface area contributed by atoms with Gasteiger partial charge in [0, 0.05) is 0 Å². The molecule has 0 amide bonds. The summed E-state index contributed by atoms with van der Waals surface area (Å²) in [6, 6.07) is 30.6. The normalized spacial score (nSPS) is 11.8. The van der Waals surface area contributed by atoms with E-state index in [0.29, 0.717) is 19.2 Å². The van der Waals surface area contributed by atoms with Crippen LogP contribution in [0.1, 0.15) is 22.3 Å². The standard InChI is InChI=1S/2C7H8O.2C7H7.O.Ti/c2*1-6-4-2-3-5-7(6)8;2*1-7-5-3-2-4-6-7;;/h2*2-5,8H,1H3;2*2-5H,1H3;;/q;;;;;+2/p-2. The van der Waals surface area contributed by atoms with E-state index in [0.717, 1.165) is 22.3 Å². The predicted octanol–water partition coefficient (Wildman–Crippen LogP) is 5.89. The van der Waals surface area contributed by atoms with Crippen LogP contribution in [0.4, 0.5) is 0 Å². The van der Waals surface area contributed by atoms with Gasteiger partial charge in [0.2, 0.25) is 0 Å². The third-order valence-electron chi connectivity index (χ3n) is 6.00. The third-order valence-corrected chi connectivity index (χ3v) is 12.5. The molecule has 0 bridgehead atoms. The van der Waals surface area contributed by atoms with Crippen molar-refractivity contribution in [2.45, 2.75) is 27.7 Å². The molecular weight excluding hydrogens is 432 g/mol. The van der Waals surface area contributed by atoms with E-state index in [9.17, 15) is 0 Å². The van der Waals surface area contributed by atoms with Crippen molar-refractivity contribution in [2.75, 3.05) is 0 Å². The predicted molar refractivity (Wildman–Crippen MR) is 126 cm³/mol. The molecule has 4 rings (SSSR count). The van der Waals surface area contributed by atoms with Gasteiger partial charge in [-0.05, 0) is 0 Å². The number of hydrogen-bond donors (Lipinski definition) is 0. The van der Waals surface area contributed by atoms with E-state index in [4.69, 9.17) is 6.64 Å². The summed E-state index contributed by atoms with van der Waals surface area (Å²) >= 11 is -5.91. The molecule has 0 aliphatic heterocycles. The molecule has 0 aromatic heterocycles. The molecule has 0 aliphatic carbocycles. The van der Waals surface area contributed by atoms with Crippen LogP contribution in [0, 0.1) is 27.7 Å². The molecule has 0 radical (unpaired) electrons. The zero-order valence-electron chi connectivity index (χ0n) is 19.0. The van der Waals surface area contributed by atoms with Gasteiger partial charge in [-0.15, -0.1) is 0 Å². The molecule has 0 unspecified atom stereocenters. The Kier molecular flexibility index (Phi) is 5.89. The summed E-state index contributed by atoms with van der Waals surface area (Å²) in [6.07, 6.45) is 0. The van der Waals surface area contributed by atoms with E-state index in [1.165, 1.54) is 0 Å². The quantitative estimate of drug-likeness (QED) is 0.337. The molecule has 4 aromatic rings. The van der Waals surface area contributed by atoms with E-state index in [2.05, 4.69) is 0 Å². The number of aryl methyl sites for hydroxylation is 4. The second kappa shape index (κ2) is 8.50. The van der Waals surface area contributed by atoms with Crippen molar-refractivity contribution in [3.63, 3.8) is 0 Å². The fourth-order valence-electron chi connectivity index (χ4n) is 4.24. The zero-order chi connectivity index (χ0) is 22.8. The average molecular weight is 460 g/mol. The van der Waals surface area contributed by atoms with E-state index in [1.54, 1.807) is 0 Å². The van der Waals surface area contributed by atoms with Gasteiger partial charge in [-0.1, -0.05) is 0 Å². The molecule has 0 spiro atoms. The molecule has 0 aliphatic rings. The summed E-state index contributed by atoms with van der Waals surface area (Å²) < 4.78 is 30.6. The Bertz CT molecular complexity index is 1240. The van der Waals surface area contributed by atoms with Crippen LogP contribution in [0.2, 0.25) is 0 Å². The molecule has 32 heavy (non-hydrogen) atoms. The first kappa shape index (κ1) is 22.2. The molecule has 0 heterocycles. The van der Waals surface area contributed by atoms with E-state index in [-0.39, 0.29) is 0 Å². The minimum absolute atomic E-state index is 0.555. The molecule has 0 fully saturated rings. The first-order valence-corrected chi connectivity index (χ1v) is 14.3. The van der Waals surface area contributed by atoms with Crippen molar-refractivity contribution in [1.29, 1.82) is 0 Å². The van der Waals surface area contributed by atoms with Crippen LogP contribution >= 0.6 is 0 Å². The SMILES string of the molecule is Cc1ccccc1[O][Ti](=[O])([O]c1ccccc1C)([c]1ccccc1C)[c]1ccccc1C. The Hall–Kier alpha value is -3.01. The number of hydrogen-bond acceptors (Lipinski definition) is 3. The summed E-state index contributed by atoms with van der Waals surface area (Å²) in [7, 11) is 0. The van der Waals surface area contributed by atoms with Crippen LogP contribution in [0.25, 0.3) is 0 Å². The monoisotopic (exact) mass is 460 g/mol. The van der Waals surface area contributed by atoms with E-state index >= 15 is 3.32 Å². The molecule has 0 atom stereocenters. The molecule has 4 aromatic carbocycles. The fraction of sp³-hybridized carbons (Fsp3) is 0.143. The maximum atomic E-state index is 15.9. The summed E-state index contributed by atoms with van der Waals surface area (Å²) in [5, 5.41) is 0. The molecule has 3 nitrogen and oxygen atoms in total. The van der Waals surface area contributed by atoms with Crippen LogP contribution in [0.5, 0.6) is 11.5 Å². The van der Waals surface area contributed by atoms with Crippen molar-refractivity contribution in [3.05, 3.63) is 119 Å². The van der Waals surface area contributed by atoms with Crippen molar-refractivity contribution < 1.29 is 26.0 Å². The first-order chi connectivity index (χ1) is 15.3. The summed E-state index contributed by atoms with van der Waals surface area (Å²) in [5.74, 6) is 1.11. The van der Waals surface area contributed by atoms with Gasteiger partial charge in [-0.25, -0.2) is 0 Å². The summed E-state index contributed by atoms with van der Waals surface area (Å²) in [5.41, 5.74) is 3.53. The minimum atomic E-state index is -5.91. The van der Waals surface area contributed by atoms with Crippen molar-refractivity contribution in [1.82, 2.24) is 0 Å². The Morgan fingerprint density at radius 2 is 0.781 bits per heavy atom. The Balaban J connectivity index is 2.13. The first-order valence-electron chi connectivity index (χ1n) is 10.8. The van der Waals surface area contributed by atoms with Crippen LogP contribution < -0.4 is 14.4 Å². The molecular formula is C28H28O3Ti. The molecule has 162 valence electrons. The number of benzene rings is 4. The number of para-hydroxylation sites is 2. The van der Waals surface area contributed by atoms with Crippen LogP contribution in [0.15, 0.2) is 97.1 Å². The van der Waals surface area contributed by atoms with Crippen molar-refractivity contribution in [3.8, 4) is 11.5 Å². The Morgan fingerprint density at radius 1 is 0.469 bits per heavy atom. The summed E-state index contributed by atoms with van der Waals surface area (Å²) in [4.78, 5) is 0. The third kappa shape index (κ3) is 3.83. The molecule has 0 saturated carbocycles. The van der Waals surface area contributed by atoms with Crippen molar-refractivity contribution >= 4 is 7.74 Å². The molecule has 0 N–H and O–H groups in total. The summed E-state index contributed by atoms with van der Waals surface area (Å²) in [6.45, 7) is 7.82. The van der Waals surface area contributed by atoms with Crippen LogP contribution in [-0.4, -0.2) is 0 Å². The zero-order valence-corrected chi connectivity index (χ0v) is 20.5.